The minimum atomic E-state index is -1.02. The molecule has 4 aromatic rings. The van der Waals surface area contributed by atoms with Crippen LogP contribution in [0.15, 0.2) is 100 Å². The summed E-state index contributed by atoms with van der Waals surface area (Å²) in [7, 11) is 2.99. The van der Waals surface area contributed by atoms with Crippen LogP contribution >= 0.6 is 0 Å². The smallest absolute Gasteiger partial charge is 0.261 e. The Hall–Kier alpha value is -8.28. The molecule has 0 aromatic heterocycles. The van der Waals surface area contributed by atoms with E-state index < -0.39 is 29.8 Å². The molecule has 4 heterocycles. The van der Waals surface area contributed by atoms with E-state index in [2.05, 4.69) is 35.9 Å². The fourth-order valence-corrected chi connectivity index (χ4v) is 9.94. The number of allylic oxidation sites excluding steroid dienone is 2. The lowest BCUT2D eigenvalue weighted by Crippen LogP contribution is -2.50. The number of anilines is 2. The fraction of sp³-hybridized carbons (Fsp3) is 0.390. The van der Waals surface area contributed by atoms with Gasteiger partial charge in [-0.05, 0) is 111 Å². The van der Waals surface area contributed by atoms with Gasteiger partial charge < -0.3 is 40.6 Å². The first-order valence-electron chi connectivity index (χ1n) is 26.4. The molecule has 18 nitrogen and oxygen atoms in total. The summed E-state index contributed by atoms with van der Waals surface area (Å²) >= 11 is 0. The van der Waals surface area contributed by atoms with E-state index in [4.69, 9.17) is 34.7 Å². The van der Waals surface area contributed by atoms with Crippen molar-refractivity contribution >= 4 is 70.6 Å². The number of hydrogen-bond donors (Lipinski definition) is 4. The maximum absolute atomic E-state index is 14.1. The molecule has 0 spiro atoms. The third-order valence-electron chi connectivity index (χ3n) is 14.0. The molecule has 3 unspecified atom stereocenters. The van der Waals surface area contributed by atoms with Crippen molar-refractivity contribution in [2.24, 2.45) is 15.7 Å². The maximum atomic E-state index is 14.1. The number of benzene rings is 4. The fourth-order valence-electron chi connectivity index (χ4n) is 9.94. The van der Waals surface area contributed by atoms with Crippen molar-refractivity contribution in [3.05, 3.63) is 118 Å². The van der Waals surface area contributed by atoms with Crippen LogP contribution < -0.4 is 45.5 Å². The van der Waals surface area contributed by atoms with Gasteiger partial charge in [0, 0.05) is 60.9 Å². The Morgan fingerprint density at radius 1 is 0.701 bits per heavy atom. The lowest BCUT2D eigenvalue weighted by molar-refractivity contribution is -0.130. The highest BCUT2D eigenvalue weighted by Gasteiger charge is 2.39. The molecule has 1 aliphatic carbocycles. The molecular formula is C59H68N8O10. The molecule has 18 heteroatoms. The van der Waals surface area contributed by atoms with Crippen molar-refractivity contribution in [2.45, 2.75) is 136 Å². The van der Waals surface area contributed by atoms with Gasteiger partial charge in [0.25, 0.3) is 11.8 Å². The van der Waals surface area contributed by atoms with Crippen LogP contribution in [0.2, 0.25) is 0 Å². The molecule has 5 aliphatic rings. The van der Waals surface area contributed by atoms with Crippen molar-refractivity contribution in [1.29, 1.82) is 0 Å². The zero-order valence-corrected chi connectivity index (χ0v) is 44.6. The predicted octanol–water partition coefficient (Wildman–Crippen LogP) is 8.87. The SMILES string of the molecule is CCCCC.COc1cc2c(cc1OCc1cc(COc3cc4c(cc3OC)C(=O)N3c5ccccc5C[C@H]3C=N4)cc(NC(=O)C(C)NC(=O)C(C)NC(=O)CCCCC(N)=O)c1)N=CC1CC3=C(C=CCC3)N1C2=O. The highest BCUT2D eigenvalue weighted by atomic mass is 16.5. The number of aliphatic imine (C=N–C) groups is 2. The summed E-state index contributed by atoms with van der Waals surface area (Å²) in [4.78, 5) is 91.5. The lowest BCUT2D eigenvalue weighted by Gasteiger charge is -2.24. The molecule has 0 bridgehead atoms. The van der Waals surface area contributed by atoms with Gasteiger partial charge in [0.15, 0.2) is 23.0 Å². The normalized spacial score (nSPS) is 17.2. The minimum Gasteiger partial charge on any atom is -0.493 e. The molecule has 4 atom stereocenters. The van der Waals surface area contributed by atoms with Gasteiger partial charge >= 0.3 is 0 Å². The maximum Gasteiger partial charge on any atom is 0.261 e. The highest BCUT2D eigenvalue weighted by molar-refractivity contribution is 6.15. The van der Waals surface area contributed by atoms with E-state index in [1.807, 2.05) is 47.5 Å². The Kier molecular flexibility index (Phi) is 17.9. The van der Waals surface area contributed by atoms with Gasteiger partial charge in [0.1, 0.15) is 25.3 Å². The van der Waals surface area contributed by atoms with Crippen LogP contribution in [-0.2, 0) is 38.8 Å². The van der Waals surface area contributed by atoms with E-state index in [-0.39, 0.29) is 55.9 Å². The van der Waals surface area contributed by atoms with Crippen LogP contribution in [-0.4, -0.2) is 91.2 Å². The second-order valence-corrected chi connectivity index (χ2v) is 19.7. The second kappa shape index (κ2) is 25.0. The molecule has 4 aromatic carbocycles. The number of nitrogens with zero attached hydrogens (tertiary/aromatic N) is 4. The number of nitrogens with one attached hydrogen (secondary N) is 3. The van der Waals surface area contributed by atoms with E-state index in [0.717, 1.165) is 36.2 Å². The Morgan fingerprint density at radius 3 is 1.88 bits per heavy atom. The van der Waals surface area contributed by atoms with E-state index in [9.17, 15) is 28.8 Å². The number of nitrogens with two attached hydrogens (primary N) is 1. The number of unbranched alkanes of at least 4 members (excludes halogenated alkanes) is 3. The summed E-state index contributed by atoms with van der Waals surface area (Å²) in [5, 5.41) is 8.17. The van der Waals surface area contributed by atoms with E-state index >= 15 is 0 Å². The van der Waals surface area contributed by atoms with Gasteiger partial charge in [-0.25, -0.2) is 0 Å². The van der Waals surface area contributed by atoms with Crippen LogP contribution in [0.3, 0.4) is 0 Å². The van der Waals surface area contributed by atoms with Crippen LogP contribution in [0, 0.1) is 0 Å². The van der Waals surface area contributed by atoms with E-state index in [1.165, 1.54) is 52.9 Å². The first-order chi connectivity index (χ1) is 37.2. The minimum absolute atomic E-state index is 0.0227. The summed E-state index contributed by atoms with van der Waals surface area (Å²) in [5.41, 5.74) is 12.5. The second-order valence-electron chi connectivity index (χ2n) is 19.7. The molecule has 0 fully saturated rings. The van der Waals surface area contributed by atoms with Crippen LogP contribution in [0.4, 0.5) is 22.7 Å². The number of methoxy groups -OCH3 is 2. The Morgan fingerprint density at radius 2 is 1.29 bits per heavy atom. The molecule has 0 radical (unpaired) electrons. The summed E-state index contributed by atoms with van der Waals surface area (Å²) in [6.07, 6.45) is 16.2. The van der Waals surface area contributed by atoms with Crippen molar-refractivity contribution in [3.63, 3.8) is 0 Å². The number of rotatable bonds is 20. The lowest BCUT2D eigenvalue weighted by atomic mass is 10.0. The topological polar surface area (TPSA) is 233 Å². The Bertz CT molecular complexity index is 3050. The van der Waals surface area contributed by atoms with Crippen LogP contribution in [0.25, 0.3) is 0 Å². The van der Waals surface area contributed by atoms with Crippen molar-refractivity contribution in [3.8, 4) is 23.0 Å². The molecule has 9 rings (SSSR count). The number of ether oxygens (including phenoxy) is 4. The van der Waals surface area contributed by atoms with Crippen molar-refractivity contribution < 1.29 is 47.7 Å². The Balaban J connectivity index is 0.00000150. The number of carbonyl (C=O) groups is 6. The first kappa shape index (κ1) is 55.0. The number of para-hydroxylation sites is 1. The molecule has 404 valence electrons. The quantitative estimate of drug-likeness (QED) is 0.0614. The molecule has 4 aliphatic heterocycles. The monoisotopic (exact) mass is 1050 g/mol. The third-order valence-corrected chi connectivity index (χ3v) is 14.0. The van der Waals surface area contributed by atoms with Gasteiger partial charge in [0.05, 0.1) is 48.8 Å². The Labute approximate surface area is 449 Å². The van der Waals surface area contributed by atoms with Gasteiger partial charge in [-0.15, -0.1) is 0 Å². The summed E-state index contributed by atoms with van der Waals surface area (Å²) < 4.78 is 24.3. The number of fused-ring (bicyclic) bond motifs is 7. The molecule has 5 N–H and O–H groups in total. The third kappa shape index (κ3) is 12.9. The molecule has 0 saturated carbocycles. The summed E-state index contributed by atoms with van der Waals surface area (Å²) in [6, 6.07) is 17.3. The number of amides is 6. The average Bonchev–Trinajstić information content (AvgIpc) is 4.03. The zero-order valence-electron chi connectivity index (χ0n) is 44.6. The molecule has 6 amide bonds. The van der Waals surface area contributed by atoms with E-state index in [1.54, 1.807) is 47.5 Å². The summed E-state index contributed by atoms with van der Waals surface area (Å²) in [6.45, 7) is 7.41. The molecule has 0 saturated heterocycles. The molecule has 77 heavy (non-hydrogen) atoms. The standard InChI is InChI=1S/C54H56N8O10.C5H12/c1-30(58-50(64)16-10-9-15-49(55)63)51(65)59-31(2)52(66)60-36-18-32(28-71-47-24-41-39(22-45(47)69-3)53(67)61-37(26-56-41)20-34-11-5-7-13-43(34)61)17-33(19-36)29-72-48-25-42-40(23-46(48)70-4)54(68)62-38(27-57-42)21-35-12-6-8-14-44(35)62;1-3-5-4-2/h5,7-8,11,13-14,17-19,22-27,30-31,37-38H,6,9-10,12,15-16,20-21,28-29H2,1-4H3,(H2,55,63)(H,58,64)(H,59,65)(H,60,66);3-5H2,1-2H3/t30?,31?,37-,38?;/m0./s1. The predicted molar refractivity (Wildman–Crippen MR) is 295 cm³/mol. The van der Waals surface area contributed by atoms with Gasteiger partial charge in [-0.3, -0.25) is 48.6 Å². The van der Waals surface area contributed by atoms with Crippen LogP contribution in [0.5, 0.6) is 23.0 Å². The van der Waals surface area contributed by atoms with Crippen molar-refractivity contribution in [2.75, 3.05) is 24.4 Å². The van der Waals surface area contributed by atoms with Crippen LogP contribution in [0.1, 0.15) is 129 Å². The van der Waals surface area contributed by atoms with E-state index in [0.29, 0.717) is 81.6 Å². The number of primary amides is 1. The number of hydrogen-bond acceptors (Lipinski definition) is 12. The molecular weight excluding hydrogens is 981 g/mol. The zero-order chi connectivity index (χ0) is 54.8. The summed E-state index contributed by atoms with van der Waals surface area (Å²) in [5.74, 6) is -0.993. The van der Waals surface area contributed by atoms with Gasteiger partial charge in [0.2, 0.25) is 23.6 Å². The van der Waals surface area contributed by atoms with Gasteiger partial charge in [-0.2, -0.15) is 0 Å². The largest absolute Gasteiger partial charge is 0.493 e. The highest BCUT2D eigenvalue weighted by Crippen LogP contribution is 2.44. The van der Waals surface area contributed by atoms with Gasteiger partial charge in [-0.1, -0.05) is 57.4 Å². The number of carbonyl (C=O) groups excluding carboxylic acids is 6. The average molecular weight is 1050 g/mol. The first-order valence-corrected chi connectivity index (χ1v) is 26.4. The van der Waals surface area contributed by atoms with Crippen molar-refractivity contribution in [1.82, 2.24) is 15.5 Å².